The van der Waals surface area contributed by atoms with E-state index in [1.165, 1.54) is 0 Å². The average Bonchev–Trinajstić information content (AvgIpc) is 3.51. The van der Waals surface area contributed by atoms with Crippen molar-refractivity contribution in [3.05, 3.63) is 65.2 Å². The standard InChI is InChI=1S/C42H61N9O11/c1-3-4-19-59-40-47-38(43)42(2)39(48-40)51(41(58)49-42)22-28-7-5-27(6-8-28)21-50-17-14-25(15-18-50)13-16-45-36(57)30(46-32(53)24-60-44)20-26-9-11-29(12-10-26)61-37-35(56)34(55)33(54)31(23-52)62-37/h5-12,25,30-31,33-35,37-38,52,54-56H,3-4,13-24,43-44H2,1-2H3,(H,45,57)(H,46,53)(H,49,58)/t30-,31+,33+,34?,35+,37+,38?,42?/m0/s1. The zero-order valence-electron chi connectivity index (χ0n) is 35.2. The van der Waals surface area contributed by atoms with Crippen LogP contribution >= 0.6 is 0 Å². The van der Waals surface area contributed by atoms with Crippen LogP contribution in [-0.2, 0) is 43.4 Å². The highest BCUT2D eigenvalue weighted by Gasteiger charge is 2.52. The molecular weight excluding hydrogens is 807 g/mol. The van der Waals surface area contributed by atoms with Gasteiger partial charge in [-0.05, 0) is 80.4 Å². The van der Waals surface area contributed by atoms with Gasteiger partial charge in [-0.3, -0.25) is 24.2 Å². The maximum atomic E-state index is 13.4. The molecule has 3 saturated heterocycles. The molecule has 0 aliphatic carbocycles. The van der Waals surface area contributed by atoms with Crippen LogP contribution in [0.15, 0.2) is 58.5 Å². The monoisotopic (exact) mass is 867 g/mol. The van der Waals surface area contributed by atoms with E-state index in [0.717, 1.165) is 62.9 Å². The predicted octanol–water partition coefficient (Wildman–Crippen LogP) is -0.645. The molecule has 0 radical (unpaired) electrons. The normalized spacial score (nSPS) is 27.1. The zero-order chi connectivity index (χ0) is 44.4. The van der Waals surface area contributed by atoms with E-state index in [2.05, 4.69) is 54.7 Å². The van der Waals surface area contributed by atoms with E-state index in [9.17, 15) is 34.8 Å². The lowest BCUT2D eigenvalue weighted by Crippen LogP contribution is -2.60. The Labute approximate surface area is 360 Å². The molecule has 20 nitrogen and oxygen atoms in total. The van der Waals surface area contributed by atoms with Crippen LogP contribution < -0.4 is 32.3 Å². The van der Waals surface area contributed by atoms with Crippen LogP contribution in [0.25, 0.3) is 0 Å². The number of hydrogen-bond donors (Lipinski definition) is 9. The first kappa shape index (κ1) is 46.7. The second-order valence-electron chi connectivity index (χ2n) is 16.4. The van der Waals surface area contributed by atoms with Crippen molar-refractivity contribution in [1.82, 2.24) is 25.8 Å². The van der Waals surface area contributed by atoms with Crippen LogP contribution in [0.4, 0.5) is 4.79 Å². The number of rotatable bonds is 19. The molecule has 3 unspecified atom stereocenters. The molecule has 4 heterocycles. The lowest BCUT2D eigenvalue weighted by molar-refractivity contribution is -0.277. The lowest BCUT2D eigenvalue weighted by atomic mass is 9.93. The fraction of sp³-hybridized carbons (Fsp3) is 0.595. The number of nitrogens with zero attached hydrogens (tertiary/aromatic N) is 4. The summed E-state index contributed by atoms with van der Waals surface area (Å²) in [5, 5.41) is 48.4. The first-order valence-electron chi connectivity index (χ1n) is 21.2. The van der Waals surface area contributed by atoms with Gasteiger partial charge >= 0.3 is 12.1 Å². The Balaban J connectivity index is 0.941. The average molecular weight is 868 g/mol. The number of aliphatic hydroxyl groups is 4. The summed E-state index contributed by atoms with van der Waals surface area (Å²) in [6.45, 7) is 6.73. The summed E-state index contributed by atoms with van der Waals surface area (Å²) >= 11 is 0. The van der Waals surface area contributed by atoms with Gasteiger partial charge < -0.3 is 56.3 Å². The molecule has 8 atom stereocenters. The molecular formula is C42H61N9O11. The van der Waals surface area contributed by atoms with Crippen LogP contribution in [0.3, 0.4) is 0 Å². The number of benzene rings is 2. The predicted molar refractivity (Wildman–Crippen MR) is 225 cm³/mol. The highest BCUT2D eigenvalue weighted by atomic mass is 16.7. The number of piperidine rings is 1. The van der Waals surface area contributed by atoms with Crippen molar-refractivity contribution in [1.29, 1.82) is 0 Å². The molecule has 4 aliphatic heterocycles. The number of nitrogens with one attached hydrogen (secondary N) is 3. The molecule has 6 rings (SSSR count). The number of urea groups is 1. The van der Waals surface area contributed by atoms with Gasteiger partial charge in [0.2, 0.25) is 18.1 Å². The van der Waals surface area contributed by atoms with Crippen molar-refractivity contribution in [3.63, 3.8) is 0 Å². The molecule has 3 fully saturated rings. The Morgan fingerprint density at radius 2 is 1.69 bits per heavy atom. The number of aliphatic imine (C=N–C) groups is 2. The number of amides is 4. The highest BCUT2D eigenvalue weighted by Crippen LogP contribution is 2.29. The minimum absolute atomic E-state index is 0.142. The largest absolute Gasteiger partial charge is 0.464 e. The molecule has 0 saturated carbocycles. The molecule has 62 heavy (non-hydrogen) atoms. The van der Waals surface area contributed by atoms with Gasteiger partial charge in [0, 0.05) is 19.5 Å². The highest BCUT2D eigenvalue weighted by molar-refractivity contribution is 6.14. The lowest BCUT2D eigenvalue weighted by Gasteiger charge is -2.39. The van der Waals surface area contributed by atoms with Gasteiger partial charge in [-0.15, -0.1) is 0 Å². The molecule has 20 heteroatoms. The molecule has 4 amide bonds. The second-order valence-corrected chi connectivity index (χ2v) is 16.4. The zero-order valence-corrected chi connectivity index (χ0v) is 35.2. The summed E-state index contributed by atoms with van der Waals surface area (Å²) < 4.78 is 16.8. The molecule has 0 spiro atoms. The number of likely N-dealkylation sites (tertiary alicyclic amines) is 1. The van der Waals surface area contributed by atoms with Crippen molar-refractivity contribution in [3.8, 4) is 5.75 Å². The third-order valence-electron chi connectivity index (χ3n) is 11.8. The molecule has 0 bridgehead atoms. The van der Waals surface area contributed by atoms with Gasteiger partial charge in [0.15, 0.2) is 0 Å². The fourth-order valence-electron chi connectivity index (χ4n) is 7.90. The van der Waals surface area contributed by atoms with E-state index in [-0.39, 0.29) is 30.1 Å². The minimum Gasteiger partial charge on any atom is -0.464 e. The Morgan fingerprint density at radius 3 is 2.35 bits per heavy atom. The van der Waals surface area contributed by atoms with Gasteiger partial charge in [0.25, 0.3) is 0 Å². The minimum atomic E-state index is -1.58. The van der Waals surface area contributed by atoms with Crippen LogP contribution in [-0.4, -0.2) is 148 Å². The molecule has 4 aliphatic rings. The Hall–Kier alpha value is -4.77. The van der Waals surface area contributed by atoms with Crippen LogP contribution in [0.1, 0.15) is 62.6 Å². The summed E-state index contributed by atoms with van der Waals surface area (Å²) in [5.41, 5.74) is 8.23. The van der Waals surface area contributed by atoms with Gasteiger partial charge in [-0.1, -0.05) is 49.7 Å². The number of fused-ring (bicyclic) bond motifs is 1. The number of hydrogen-bond acceptors (Lipinski definition) is 16. The molecule has 340 valence electrons. The summed E-state index contributed by atoms with van der Waals surface area (Å²) in [7, 11) is 0. The summed E-state index contributed by atoms with van der Waals surface area (Å²) in [5.74, 6) is 5.36. The van der Waals surface area contributed by atoms with Gasteiger partial charge in [0.05, 0.1) is 19.8 Å². The molecule has 2 aromatic carbocycles. The summed E-state index contributed by atoms with van der Waals surface area (Å²) in [6, 6.07) is 13.7. The van der Waals surface area contributed by atoms with Gasteiger partial charge in [-0.25, -0.2) is 15.7 Å². The number of ether oxygens (including phenoxy) is 3. The topological polar surface area (TPSA) is 288 Å². The van der Waals surface area contributed by atoms with Crippen molar-refractivity contribution >= 4 is 29.7 Å². The van der Waals surface area contributed by atoms with Crippen LogP contribution in [0.5, 0.6) is 5.75 Å². The number of aliphatic hydroxyl groups excluding tert-OH is 4. The van der Waals surface area contributed by atoms with Crippen molar-refractivity contribution in [2.75, 3.05) is 39.5 Å². The van der Waals surface area contributed by atoms with E-state index in [1.54, 1.807) is 29.2 Å². The number of nitrogens with two attached hydrogens (primary N) is 2. The number of unbranched alkanes of at least 4 members (excludes halogenated alkanes) is 1. The van der Waals surface area contributed by atoms with E-state index < -0.39 is 67.6 Å². The Morgan fingerprint density at radius 1 is 1.02 bits per heavy atom. The first-order chi connectivity index (χ1) is 29.8. The van der Waals surface area contributed by atoms with Gasteiger partial charge in [0.1, 0.15) is 60.4 Å². The molecule has 0 aromatic heterocycles. The first-order valence-corrected chi connectivity index (χ1v) is 21.2. The second kappa shape index (κ2) is 21.5. The van der Waals surface area contributed by atoms with Crippen molar-refractivity contribution in [2.24, 2.45) is 27.5 Å². The van der Waals surface area contributed by atoms with Gasteiger partial charge in [-0.2, -0.15) is 4.99 Å². The summed E-state index contributed by atoms with van der Waals surface area (Å²) in [4.78, 5) is 56.3. The van der Waals surface area contributed by atoms with Crippen molar-refractivity contribution in [2.45, 2.75) is 114 Å². The van der Waals surface area contributed by atoms with Crippen molar-refractivity contribution < 1.29 is 53.9 Å². The smallest absolute Gasteiger partial charge is 0.324 e. The van der Waals surface area contributed by atoms with Crippen LogP contribution in [0, 0.1) is 5.92 Å². The van der Waals surface area contributed by atoms with E-state index in [1.807, 2.05) is 19.1 Å². The van der Waals surface area contributed by atoms with Crippen LogP contribution in [0.2, 0.25) is 0 Å². The fourth-order valence-corrected chi connectivity index (χ4v) is 7.90. The Bertz CT molecular complexity index is 1880. The van der Waals surface area contributed by atoms with E-state index >= 15 is 0 Å². The maximum absolute atomic E-state index is 13.4. The third kappa shape index (κ3) is 11.6. The SMILES string of the molecule is CCCCOC1=NC(N)C2(C)NC(=O)N(Cc3ccc(CN4CCC(CCNC(=O)[C@H](Cc5ccc(O[C@@H]6O[C@H](CO)[C@@H](O)C(O)[C@H]6O)cc5)NC(=O)CON)CC4)cc3)C2=N1. The maximum Gasteiger partial charge on any atom is 0.324 e. The quantitative estimate of drug-likeness (QED) is 0.0627. The third-order valence-corrected chi connectivity index (χ3v) is 11.8. The van der Waals surface area contributed by atoms with E-state index in [0.29, 0.717) is 37.0 Å². The number of carbonyl (C=O) groups is 3. The Kier molecular flexibility index (Phi) is 16.2. The van der Waals surface area contributed by atoms with E-state index in [4.69, 9.17) is 25.8 Å². The molecule has 11 N–H and O–H groups in total. The number of carbonyl (C=O) groups excluding carboxylic acids is 3. The summed E-state index contributed by atoms with van der Waals surface area (Å²) in [6.07, 6.45) is -3.14. The number of amidine groups is 2. The molecule has 2 aromatic rings.